The average Bonchev–Trinajstić information content (AvgIpc) is 2.39. The predicted octanol–water partition coefficient (Wildman–Crippen LogP) is 2.46. The molecule has 1 N–H and O–H groups in total. The lowest BCUT2D eigenvalue weighted by Crippen LogP contribution is -2.45. The predicted molar refractivity (Wildman–Crippen MR) is 83.7 cm³/mol. The molecule has 0 saturated carbocycles. The van der Waals surface area contributed by atoms with Gasteiger partial charge in [0.25, 0.3) is 0 Å². The van der Waals surface area contributed by atoms with Gasteiger partial charge in [-0.25, -0.2) is 0 Å². The zero-order chi connectivity index (χ0) is 13.8. The van der Waals surface area contributed by atoms with E-state index in [1.807, 2.05) is 18.7 Å². The average molecular weight is 276 g/mol. The molecule has 18 heavy (non-hydrogen) atoms. The van der Waals surface area contributed by atoms with Crippen LogP contribution >= 0.6 is 11.8 Å². The first-order valence-electron chi connectivity index (χ1n) is 7.16. The molecule has 0 spiro atoms. The topological polar surface area (TPSA) is 24.5 Å². The first-order chi connectivity index (χ1) is 8.67. The van der Waals surface area contributed by atoms with Crippen molar-refractivity contribution >= 4 is 11.8 Å². The van der Waals surface area contributed by atoms with Crippen LogP contribution in [0.5, 0.6) is 0 Å². The molecule has 0 rings (SSSR count). The minimum atomic E-state index is 0.592. The van der Waals surface area contributed by atoms with Crippen LogP contribution in [0.3, 0.4) is 0 Å². The van der Waals surface area contributed by atoms with Crippen molar-refractivity contribution in [3.63, 3.8) is 0 Å². The van der Waals surface area contributed by atoms with E-state index in [0.29, 0.717) is 12.1 Å². The summed E-state index contributed by atoms with van der Waals surface area (Å²) in [5.41, 5.74) is 0. The number of rotatable bonds is 12. The number of nitrogens with zero attached hydrogens (tertiary/aromatic N) is 1. The molecule has 0 amide bonds. The summed E-state index contributed by atoms with van der Waals surface area (Å²) in [6.07, 6.45) is 4.52. The summed E-state index contributed by atoms with van der Waals surface area (Å²) in [4.78, 5) is 2.51. The second-order valence-electron chi connectivity index (χ2n) is 4.79. The van der Waals surface area contributed by atoms with Gasteiger partial charge < -0.3 is 10.1 Å². The largest absolute Gasteiger partial charge is 0.382 e. The summed E-state index contributed by atoms with van der Waals surface area (Å²) in [5, 5.41) is 3.52. The third-order valence-corrected chi connectivity index (χ3v) is 4.11. The van der Waals surface area contributed by atoms with Crippen LogP contribution in [0.25, 0.3) is 0 Å². The van der Waals surface area contributed by atoms with E-state index >= 15 is 0 Å². The fourth-order valence-corrected chi connectivity index (χ4v) is 2.83. The first-order valence-corrected chi connectivity index (χ1v) is 8.56. The highest BCUT2D eigenvalue weighted by atomic mass is 32.2. The van der Waals surface area contributed by atoms with Gasteiger partial charge in [0.15, 0.2) is 0 Å². The van der Waals surface area contributed by atoms with Gasteiger partial charge in [-0.3, -0.25) is 4.90 Å². The van der Waals surface area contributed by atoms with Crippen molar-refractivity contribution in [1.29, 1.82) is 0 Å². The molecule has 0 aliphatic carbocycles. The van der Waals surface area contributed by atoms with Crippen molar-refractivity contribution in [2.45, 2.75) is 45.7 Å². The number of nitrogens with one attached hydrogen (secondary N) is 1. The molecule has 0 aromatic rings. The second kappa shape index (κ2) is 12.3. The maximum Gasteiger partial charge on any atom is 0.0477 e. The summed E-state index contributed by atoms with van der Waals surface area (Å²) in [7, 11) is 2.25. The van der Waals surface area contributed by atoms with Crippen LogP contribution in [-0.4, -0.2) is 62.3 Å². The third-order valence-electron chi connectivity index (χ3n) is 3.39. The summed E-state index contributed by atoms with van der Waals surface area (Å²) >= 11 is 1.94. The Labute approximate surface area is 118 Å². The zero-order valence-electron chi connectivity index (χ0n) is 12.9. The number of likely N-dealkylation sites (N-methyl/N-ethyl adjacent to an activating group) is 1. The van der Waals surface area contributed by atoms with Crippen LogP contribution in [0, 0.1) is 0 Å². The normalized spacial score (nSPS) is 15.0. The molecule has 0 heterocycles. The number of hydrogen-bond donors (Lipinski definition) is 1. The molecular formula is C14H32N2OS. The smallest absolute Gasteiger partial charge is 0.0477 e. The van der Waals surface area contributed by atoms with Gasteiger partial charge in [0, 0.05) is 37.6 Å². The number of thioether (sulfide) groups is 1. The lowest BCUT2D eigenvalue weighted by atomic mass is 10.2. The Balaban J connectivity index is 3.68. The van der Waals surface area contributed by atoms with E-state index in [0.717, 1.165) is 32.7 Å². The van der Waals surface area contributed by atoms with Crippen LogP contribution in [0.15, 0.2) is 0 Å². The second-order valence-corrected chi connectivity index (χ2v) is 5.70. The van der Waals surface area contributed by atoms with Gasteiger partial charge in [-0.1, -0.05) is 6.92 Å². The van der Waals surface area contributed by atoms with Crippen molar-refractivity contribution in [1.82, 2.24) is 10.2 Å². The van der Waals surface area contributed by atoms with Gasteiger partial charge in [-0.2, -0.15) is 11.8 Å². The minimum absolute atomic E-state index is 0.592. The molecule has 0 aromatic carbocycles. The van der Waals surface area contributed by atoms with Crippen LogP contribution in [0.2, 0.25) is 0 Å². The maximum absolute atomic E-state index is 5.32. The molecule has 0 radical (unpaired) electrons. The Morgan fingerprint density at radius 2 is 2.06 bits per heavy atom. The van der Waals surface area contributed by atoms with Crippen LogP contribution in [0.4, 0.5) is 0 Å². The van der Waals surface area contributed by atoms with E-state index < -0.39 is 0 Å². The van der Waals surface area contributed by atoms with Crippen LogP contribution in [0.1, 0.15) is 33.6 Å². The van der Waals surface area contributed by atoms with E-state index in [1.165, 1.54) is 12.2 Å². The molecule has 3 nitrogen and oxygen atoms in total. The molecule has 0 aromatic heterocycles. The van der Waals surface area contributed by atoms with Gasteiger partial charge in [0.05, 0.1) is 0 Å². The lowest BCUT2D eigenvalue weighted by molar-refractivity contribution is 0.143. The van der Waals surface area contributed by atoms with E-state index in [1.54, 1.807) is 0 Å². The molecule has 0 aliphatic heterocycles. The number of ether oxygens (including phenoxy) is 1. The Bertz CT molecular complexity index is 181. The van der Waals surface area contributed by atoms with Crippen LogP contribution in [-0.2, 0) is 4.74 Å². The fraction of sp³-hybridized carbons (Fsp3) is 1.00. The van der Waals surface area contributed by atoms with Gasteiger partial charge >= 0.3 is 0 Å². The summed E-state index contributed by atoms with van der Waals surface area (Å²) in [5.74, 6) is 1.22. The molecule has 0 aliphatic rings. The molecule has 110 valence electrons. The summed E-state index contributed by atoms with van der Waals surface area (Å²) in [6, 6.07) is 1.29. The Hall–Kier alpha value is 0.230. The lowest BCUT2D eigenvalue weighted by Gasteiger charge is -2.32. The standard InChI is InChI=1S/C14H32N2OS/c1-6-14(12-18-5)16(4)13(3)11-15-9-8-10-17-7-2/h13-15H,6-12H2,1-5H3. The van der Waals surface area contributed by atoms with Crippen molar-refractivity contribution in [3.05, 3.63) is 0 Å². The van der Waals surface area contributed by atoms with Crippen molar-refractivity contribution < 1.29 is 4.74 Å². The molecule has 2 atom stereocenters. The van der Waals surface area contributed by atoms with Crippen molar-refractivity contribution in [2.24, 2.45) is 0 Å². The molecular weight excluding hydrogens is 244 g/mol. The van der Waals surface area contributed by atoms with Gasteiger partial charge in [0.2, 0.25) is 0 Å². The molecule has 2 unspecified atom stereocenters. The van der Waals surface area contributed by atoms with E-state index in [9.17, 15) is 0 Å². The quantitative estimate of drug-likeness (QED) is 0.554. The van der Waals surface area contributed by atoms with Crippen LogP contribution < -0.4 is 5.32 Å². The third kappa shape index (κ3) is 8.35. The highest BCUT2D eigenvalue weighted by molar-refractivity contribution is 7.98. The van der Waals surface area contributed by atoms with E-state index in [-0.39, 0.29) is 0 Å². The van der Waals surface area contributed by atoms with E-state index in [4.69, 9.17) is 4.74 Å². The van der Waals surface area contributed by atoms with Gasteiger partial charge in [-0.15, -0.1) is 0 Å². The number of hydrogen-bond acceptors (Lipinski definition) is 4. The Kier molecular flexibility index (Phi) is 12.4. The molecule has 0 fully saturated rings. The van der Waals surface area contributed by atoms with Crippen molar-refractivity contribution in [3.8, 4) is 0 Å². The highest BCUT2D eigenvalue weighted by Gasteiger charge is 2.17. The zero-order valence-corrected chi connectivity index (χ0v) is 13.7. The fourth-order valence-electron chi connectivity index (χ4n) is 1.97. The Morgan fingerprint density at radius 1 is 1.33 bits per heavy atom. The van der Waals surface area contributed by atoms with Crippen molar-refractivity contribution in [2.75, 3.05) is 45.4 Å². The van der Waals surface area contributed by atoms with Gasteiger partial charge in [0.1, 0.15) is 0 Å². The maximum atomic E-state index is 5.32. The molecule has 0 bridgehead atoms. The summed E-state index contributed by atoms with van der Waals surface area (Å²) in [6.45, 7) is 10.4. The minimum Gasteiger partial charge on any atom is -0.382 e. The summed E-state index contributed by atoms with van der Waals surface area (Å²) < 4.78 is 5.32. The van der Waals surface area contributed by atoms with Gasteiger partial charge in [-0.05, 0) is 46.5 Å². The molecule has 4 heteroatoms. The first kappa shape index (κ1) is 18.2. The SMILES string of the molecule is CCOCCCNCC(C)N(C)C(CC)CSC. The molecule has 0 saturated heterocycles. The Morgan fingerprint density at radius 3 is 2.61 bits per heavy atom. The van der Waals surface area contributed by atoms with E-state index in [2.05, 4.69) is 37.4 Å². The highest BCUT2D eigenvalue weighted by Crippen LogP contribution is 2.11. The monoisotopic (exact) mass is 276 g/mol.